The molecule has 1 fully saturated rings. The minimum absolute atomic E-state index is 0.0756. The lowest BCUT2D eigenvalue weighted by atomic mass is 10.1. The molecule has 114 valence electrons. The summed E-state index contributed by atoms with van der Waals surface area (Å²) >= 11 is 1.79. The first-order chi connectivity index (χ1) is 10.0. The molecule has 2 heterocycles. The Kier molecular flexibility index (Phi) is 5.00. The van der Waals surface area contributed by atoms with E-state index in [9.17, 15) is 14.9 Å². The van der Waals surface area contributed by atoms with Crippen molar-refractivity contribution in [3.05, 3.63) is 27.9 Å². The maximum Gasteiger partial charge on any atom is 0.300 e. The number of carbonyl (C=O) groups is 1. The first kappa shape index (κ1) is 15.6. The minimum atomic E-state index is -0.556. The Hall–Kier alpha value is -1.83. The molecule has 1 aromatic heterocycles. The lowest BCUT2D eigenvalue weighted by Gasteiger charge is -2.33. The molecule has 0 saturated carbocycles. The maximum absolute atomic E-state index is 12.6. The van der Waals surface area contributed by atoms with Crippen molar-refractivity contribution in [1.29, 1.82) is 0 Å². The molecule has 1 aliphatic heterocycles. The fraction of sp³-hybridized carbons (Fsp3) is 0.538. The number of nitrogens with zero attached hydrogens (tertiary/aromatic N) is 3. The highest BCUT2D eigenvalue weighted by molar-refractivity contribution is 7.99. The number of anilines is 1. The van der Waals surface area contributed by atoms with Crippen molar-refractivity contribution in [2.24, 2.45) is 0 Å². The van der Waals surface area contributed by atoms with Gasteiger partial charge in [0.25, 0.3) is 11.6 Å². The van der Waals surface area contributed by atoms with Crippen LogP contribution in [0.1, 0.15) is 24.2 Å². The zero-order valence-electron chi connectivity index (χ0n) is 12.0. The van der Waals surface area contributed by atoms with Crippen molar-refractivity contribution in [3.63, 3.8) is 0 Å². The molecule has 1 aromatic rings. The molecule has 2 rings (SSSR count). The average molecular weight is 310 g/mol. The number of aromatic nitrogens is 1. The van der Waals surface area contributed by atoms with E-state index < -0.39 is 4.92 Å². The van der Waals surface area contributed by atoms with Gasteiger partial charge in [0.15, 0.2) is 0 Å². The van der Waals surface area contributed by atoms with Gasteiger partial charge in [0.2, 0.25) is 0 Å². The van der Waals surface area contributed by atoms with E-state index in [4.69, 9.17) is 0 Å². The summed E-state index contributed by atoms with van der Waals surface area (Å²) < 4.78 is 0. The molecule has 1 amide bonds. The zero-order valence-corrected chi connectivity index (χ0v) is 12.9. The van der Waals surface area contributed by atoms with Crippen LogP contribution >= 0.6 is 11.8 Å². The van der Waals surface area contributed by atoms with Crippen molar-refractivity contribution in [3.8, 4) is 0 Å². The second-order valence-corrected chi connectivity index (χ2v) is 5.95. The van der Waals surface area contributed by atoms with Gasteiger partial charge in [0.05, 0.1) is 4.92 Å². The van der Waals surface area contributed by atoms with Gasteiger partial charge in [-0.3, -0.25) is 14.9 Å². The Morgan fingerprint density at radius 1 is 1.67 bits per heavy atom. The minimum Gasteiger partial charge on any atom is -0.370 e. The van der Waals surface area contributed by atoms with Crippen LogP contribution in [0.4, 0.5) is 11.5 Å². The molecule has 21 heavy (non-hydrogen) atoms. The van der Waals surface area contributed by atoms with Crippen LogP contribution in [0, 0.1) is 10.1 Å². The Morgan fingerprint density at radius 3 is 3.05 bits per heavy atom. The largest absolute Gasteiger partial charge is 0.370 e. The summed E-state index contributed by atoms with van der Waals surface area (Å²) in [7, 11) is 0. The Morgan fingerprint density at radius 2 is 2.43 bits per heavy atom. The third-order valence-electron chi connectivity index (χ3n) is 3.30. The van der Waals surface area contributed by atoms with E-state index in [1.165, 1.54) is 6.07 Å². The molecule has 1 atom stereocenters. The normalized spacial score (nSPS) is 18.4. The van der Waals surface area contributed by atoms with Crippen LogP contribution in [0.15, 0.2) is 12.3 Å². The van der Waals surface area contributed by atoms with Crippen LogP contribution in [-0.2, 0) is 0 Å². The molecule has 0 bridgehead atoms. The molecule has 1 unspecified atom stereocenters. The predicted molar refractivity (Wildman–Crippen MR) is 82.9 cm³/mol. The number of amides is 1. The van der Waals surface area contributed by atoms with E-state index in [1.807, 2.05) is 13.8 Å². The molecule has 0 radical (unpaired) electrons. The Labute approximate surface area is 127 Å². The van der Waals surface area contributed by atoms with Gasteiger partial charge >= 0.3 is 0 Å². The molecule has 0 aromatic carbocycles. The fourth-order valence-electron chi connectivity index (χ4n) is 2.23. The molecule has 0 spiro atoms. The lowest BCUT2D eigenvalue weighted by Crippen LogP contribution is -2.44. The van der Waals surface area contributed by atoms with Gasteiger partial charge in [-0.2, -0.15) is 11.8 Å². The summed E-state index contributed by atoms with van der Waals surface area (Å²) in [6.07, 6.45) is 1.15. The number of hydrogen-bond acceptors (Lipinski definition) is 6. The number of hydrogen-bond donors (Lipinski definition) is 1. The van der Waals surface area contributed by atoms with Gasteiger partial charge in [-0.15, -0.1) is 0 Å². The third kappa shape index (κ3) is 3.44. The lowest BCUT2D eigenvalue weighted by molar-refractivity contribution is -0.385. The van der Waals surface area contributed by atoms with Gasteiger partial charge in [-0.05, 0) is 13.8 Å². The van der Waals surface area contributed by atoms with Crippen molar-refractivity contribution in [2.75, 3.05) is 29.9 Å². The molecule has 1 saturated heterocycles. The van der Waals surface area contributed by atoms with Crippen LogP contribution in [0.3, 0.4) is 0 Å². The molecular formula is C13H18N4O3S. The van der Waals surface area contributed by atoms with Crippen LogP contribution in [0.2, 0.25) is 0 Å². The van der Waals surface area contributed by atoms with Gasteiger partial charge in [-0.25, -0.2) is 4.98 Å². The standard InChI is InChI=1S/C13H18N4O3S/c1-3-14-12-6-10(11(7-15-12)17(19)20)13(18)16-4-5-21-8-9(16)2/h6-7,9H,3-5,8H2,1-2H3,(H,14,15). The topological polar surface area (TPSA) is 88.4 Å². The molecule has 1 aliphatic rings. The second-order valence-electron chi connectivity index (χ2n) is 4.80. The summed E-state index contributed by atoms with van der Waals surface area (Å²) in [4.78, 5) is 28.9. The number of nitro groups is 1. The zero-order chi connectivity index (χ0) is 15.4. The van der Waals surface area contributed by atoms with E-state index in [1.54, 1.807) is 16.7 Å². The maximum atomic E-state index is 12.6. The highest BCUT2D eigenvalue weighted by atomic mass is 32.2. The van der Waals surface area contributed by atoms with Gasteiger partial charge < -0.3 is 10.2 Å². The first-order valence-electron chi connectivity index (χ1n) is 6.81. The van der Waals surface area contributed by atoms with Crippen LogP contribution in [-0.4, -0.2) is 51.4 Å². The quantitative estimate of drug-likeness (QED) is 0.676. The van der Waals surface area contributed by atoms with E-state index in [0.717, 1.165) is 17.7 Å². The number of thioether (sulfide) groups is 1. The van der Waals surface area contributed by atoms with E-state index in [-0.39, 0.29) is 23.2 Å². The van der Waals surface area contributed by atoms with Crippen molar-refractivity contribution in [1.82, 2.24) is 9.88 Å². The molecule has 8 heteroatoms. The molecular weight excluding hydrogens is 292 g/mol. The third-order valence-corrected chi connectivity index (χ3v) is 4.49. The summed E-state index contributed by atoms with van der Waals surface area (Å²) in [5.41, 5.74) is -0.142. The van der Waals surface area contributed by atoms with Crippen LogP contribution in [0.25, 0.3) is 0 Å². The van der Waals surface area contributed by atoms with E-state index in [2.05, 4.69) is 10.3 Å². The van der Waals surface area contributed by atoms with Crippen LogP contribution < -0.4 is 5.32 Å². The molecule has 7 nitrogen and oxygen atoms in total. The fourth-order valence-corrected chi connectivity index (χ4v) is 3.24. The highest BCUT2D eigenvalue weighted by Gasteiger charge is 2.30. The van der Waals surface area contributed by atoms with Gasteiger partial charge in [0, 0.05) is 36.7 Å². The van der Waals surface area contributed by atoms with Crippen molar-refractivity contribution in [2.45, 2.75) is 19.9 Å². The number of carbonyl (C=O) groups excluding carboxylic acids is 1. The Balaban J connectivity index is 2.36. The number of nitrogens with one attached hydrogen (secondary N) is 1. The first-order valence-corrected chi connectivity index (χ1v) is 7.97. The smallest absolute Gasteiger partial charge is 0.300 e. The SMILES string of the molecule is CCNc1cc(C(=O)N2CCSCC2C)c([N+](=O)[O-])cn1. The van der Waals surface area contributed by atoms with Crippen molar-refractivity contribution < 1.29 is 9.72 Å². The highest BCUT2D eigenvalue weighted by Crippen LogP contribution is 2.25. The predicted octanol–water partition coefficient (Wildman–Crippen LogP) is 2.00. The summed E-state index contributed by atoms with van der Waals surface area (Å²) in [5.74, 6) is 1.89. The van der Waals surface area contributed by atoms with Gasteiger partial charge in [-0.1, -0.05) is 0 Å². The van der Waals surface area contributed by atoms with Crippen molar-refractivity contribution >= 4 is 29.2 Å². The summed E-state index contributed by atoms with van der Waals surface area (Å²) in [6.45, 7) is 5.10. The number of pyridine rings is 1. The second kappa shape index (κ2) is 6.75. The Bertz CT molecular complexity index is 552. The number of rotatable bonds is 4. The summed E-state index contributed by atoms with van der Waals surface area (Å²) in [6, 6.07) is 1.55. The average Bonchev–Trinajstić information content (AvgIpc) is 2.47. The monoisotopic (exact) mass is 310 g/mol. The van der Waals surface area contributed by atoms with E-state index in [0.29, 0.717) is 18.9 Å². The molecule has 1 N–H and O–H groups in total. The summed E-state index contributed by atoms with van der Waals surface area (Å²) in [5, 5.41) is 14.1. The van der Waals surface area contributed by atoms with Gasteiger partial charge in [0.1, 0.15) is 17.6 Å². The van der Waals surface area contributed by atoms with E-state index >= 15 is 0 Å². The van der Waals surface area contributed by atoms with Crippen LogP contribution in [0.5, 0.6) is 0 Å². The molecule has 0 aliphatic carbocycles.